The summed E-state index contributed by atoms with van der Waals surface area (Å²) in [5.41, 5.74) is 3.31. The van der Waals surface area contributed by atoms with Crippen molar-refractivity contribution in [2.24, 2.45) is 7.05 Å². The lowest BCUT2D eigenvalue weighted by atomic mass is 10.1. The number of aryl methyl sites for hydroxylation is 2. The van der Waals surface area contributed by atoms with E-state index in [4.69, 9.17) is 0 Å². The van der Waals surface area contributed by atoms with Crippen molar-refractivity contribution < 1.29 is 8.42 Å². The van der Waals surface area contributed by atoms with E-state index in [2.05, 4.69) is 22.1 Å². The first-order valence-electron chi connectivity index (χ1n) is 5.90. The van der Waals surface area contributed by atoms with Crippen molar-refractivity contribution in [3.8, 4) is 0 Å². The van der Waals surface area contributed by atoms with E-state index in [9.17, 15) is 8.42 Å². The van der Waals surface area contributed by atoms with Gasteiger partial charge in [-0.3, -0.25) is 4.68 Å². The van der Waals surface area contributed by atoms with Crippen LogP contribution >= 0.6 is 0 Å². The van der Waals surface area contributed by atoms with Crippen LogP contribution in [0.25, 0.3) is 0 Å². The lowest BCUT2D eigenvalue weighted by molar-refractivity contribution is 0.553. The molecule has 0 spiro atoms. The Morgan fingerprint density at radius 3 is 2.39 bits per heavy atom. The van der Waals surface area contributed by atoms with Crippen LogP contribution in [0.1, 0.15) is 29.9 Å². The van der Waals surface area contributed by atoms with Crippen molar-refractivity contribution in [2.45, 2.75) is 26.8 Å². The molecule has 1 unspecified atom stereocenters. The third-order valence-electron chi connectivity index (χ3n) is 2.94. The number of nitrogens with zero attached hydrogens (tertiary/aromatic N) is 2. The molecule has 2 N–H and O–H groups in total. The van der Waals surface area contributed by atoms with Gasteiger partial charge in [-0.05, 0) is 20.8 Å². The molecule has 0 fully saturated rings. The standard InChI is InChI=1S/C11H22N4O2S/c1-8(12-6-7-13-18(5,16)17)11-9(2)14-15(4)10(11)3/h8,12-13H,6-7H2,1-5H3. The van der Waals surface area contributed by atoms with E-state index >= 15 is 0 Å². The van der Waals surface area contributed by atoms with E-state index in [1.807, 2.05) is 25.6 Å². The Balaban J connectivity index is 2.53. The Hall–Kier alpha value is -0.920. The molecule has 6 nitrogen and oxygen atoms in total. The van der Waals surface area contributed by atoms with Gasteiger partial charge in [0.05, 0.1) is 11.9 Å². The second kappa shape index (κ2) is 5.81. The third kappa shape index (κ3) is 4.08. The molecule has 1 aromatic heterocycles. The van der Waals surface area contributed by atoms with E-state index in [1.54, 1.807) is 0 Å². The molecule has 0 aliphatic rings. The smallest absolute Gasteiger partial charge is 0.208 e. The fourth-order valence-corrected chi connectivity index (χ4v) is 2.52. The zero-order chi connectivity index (χ0) is 13.9. The highest BCUT2D eigenvalue weighted by molar-refractivity contribution is 7.88. The third-order valence-corrected chi connectivity index (χ3v) is 3.67. The highest BCUT2D eigenvalue weighted by Gasteiger charge is 2.15. The molecule has 104 valence electrons. The summed E-state index contributed by atoms with van der Waals surface area (Å²) in [6, 6.07) is 0.153. The van der Waals surface area contributed by atoms with Gasteiger partial charge in [-0.1, -0.05) is 0 Å². The second-order valence-electron chi connectivity index (χ2n) is 4.55. The van der Waals surface area contributed by atoms with Crippen LogP contribution in [0.2, 0.25) is 0 Å². The molecule has 1 rings (SSSR count). The summed E-state index contributed by atoms with van der Waals surface area (Å²) in [6.45, 7) is 7.04. The molecule has 7 heteroatoms. The molecule has 0 radical (unpaired) electrons. The predicted molar refractivity (Wildman–Crippen MR) is 71.9 cm³/mol. The molecule has 0 aliphatic heterocycles. The Morgan fingerprint density at radius 1 is 1.33 bits per heavy atom. The van der Waals surface area contributed by atoms with Gasteiger partial charge in [0.15, 0.2) is 0 Å². The SMILES string of the molecule is Cc1nn(C)c(C)c1C(C)NCCNS(C)(=O)=O. The van der Waals surface area contributed by atoms with E-state index in [1.165, 1.54) is 5.56 Å². The summed E-state index contributed by atoms with van der Waals surface area (Å²) in [6.07, 6.45) is 1.16. The molecule has 0 bridgehead atoms. The minimum absolute atomic E-state index is 0.153. The quantitative estimate of drug-likeness (QED) is 0.729. The fourth-order valence-electron chi connectivity index (χ4n) is 2.04. The van der Waals surface area contributed by atoms with Crippen LogP contribution in [-0.4, -0.2) is 37.5 Å². The van der Waals surface area contributed by atoms with Gasteiger partial charge in [0, 0.05) is 37.4 Å². The Morgan fingerprint density at radius 2 is 1.94 bits per heavy atom. The molecule has 0 amide bonds. The van der Waals surface area contributed by atoms with Gasteiger partial charge in [0.2, 0.25) is 10.0 Å². The Bertz CT molecular complexity index is 507. The van der Waals surface area contributed by atoms with Crippen LogP contribution in [0.5, 0.6) is 0 Å². The van der Waals surface area contributed by atoms with Crippen LogP contribution in [-0.2, 0) is 17.1 Å². The molecular formula is C11H22N4O2S. The largest absolute Gasteiger partial charge is 0.309 e. The van der Waals surface area contributed by atoms with Crippen molar-refractivity contribution in [1.29, 1.82) is 0 Å². The van der Waals surface area contributed by atoms with Crippen molar-refractivity contribution in [1.82, 2.24) is 19.8 Å². The van der Waals surface area contributed by atoms with Gasteiger partial charge in [0.25, 0.3) is 0 Å². The average Bonchev–Trinajstić information content (AvgIpc) is 2.47. The van der Waals surface area contributed by atoms with E-state index < -0.39 is 10.0 Å². The minimum atomic E-state index is -3.11. The first-order chi connectivity index (χ1) is 8.22. The summed E-state index contributed by atoms with van der Waals surface area (Å²) in [7, 11) is -1.18. The number of aromatic nitrogens is 2. The van der Waals surface area contributed by atoms with Crippen molar-refractivity contribution in [3.63, 3.8) is 0 Å². The molecule has 1 atom stereocenters. The number of hydrogen-bond donors (Lipinski definition) is 2. The number of sulfonamides is 1. The van der Waals surface area contributed by atoms with Crippen LogP contribution in [0, 0.1) is 13.8 Å². The molecule has 0 saturated heterocycles. The van der Waals surface area contributed by atoms with Crippen LogP contribution < -0.4 is 10.0 Å². The van der Waals surface area contributed by atoms with E-state index in [-0.39, 0.29) is 6.04 Å². The highest BCUT2D eigenvalue weighted by atomic mass is 32.2. The van der Waals surface area contributed by atoms with Gasteiger partial charge in [-0.2, -0.15) is 5.10 Å². The topological polar surface area (TPSA) is 76.0 Å². The van der Waals surface area contributed by atoms with Gasteiger partial charge >= 0.3 is 0 Å². The zero-order valence-electron chi connectivity index (χ0n) is 11.6. The summed E-state index contributed by atoms with van der Waals surface area (Å²) in [5.74, 6) is 0. The maximum absolute atomic E-state index is 10.9. The van der Waals surface area contributed by atoms with Crippen LogP contribution in [0.15, 0.2) is 0 Å². The molecule has 18 heavy (non-hydrogen) atoms. The normalized spacial score (nSPS) is 13.8. The predicted octanol–water partition coefficient (Wildman–Crippen LogP) is 0.237. The van der Waals surface area contributed by atoms with Gasteiger partial charge < -0.3 is 5.32 Å². The lowest BCUT2D eigenvalue weighted by Gasteiger charge is -2.14. The first kappa shape index (κ1) is 15.1. The number of hydrogen-bond acceptors (Lipinski definition) is 4. The highest BCUT2D eigenvalue weighted by Crippen LogP contribution is 2.20. The zero-order valence-corrected chi connectivity index (χ0v) is 12.4. The van der Waals surface area contributed by atoms with Gasteiger partial charge in [0.1, 0.15) is 0 Å². The monoisotopic (exact) mass is 274 g/mol. The fraction of sp³-hybridized carbons (Fsp3) is 0.727. The maximum Gasteiger partial charge on any atom is 0.208 e. The van der Waals surface area contributed by atoms with Gasteiger partial charge in [-0.25, -0.2) is 13.1 Å². The van der Waals surface area contributed by atoms with E-state index in [0.717, 1.165) is 17.6 Å². The van der Waals surface area contributed by atoms with Crippen molar-refractivity contribution in [2.75, 3.05) is 19.3 Å². The number of nitrogens with one attached hydrogen (secondary N) is 2. The second-order valence-corrected chi connectivity index (χ2v) is 6.38. The number of rotatable bonds is 6. The average molecular weight is 274 g/mol. The first-order valence-corrected chi connectivity index (χ1v) is 7.79. The van der Waals surface area contributed by atoms with E-state index in [0.29, 0.717) is 13.1 Å². The molecular weight excluding hydrogens is 252 g/mol. The Labute approximate surface area is 109 Å². The molecule has 0 aromatic carbocycles. The molecule has 0 saturated carbocycles. The maximum atomic E-state index is 10.9. The summed E-state index contributed by atoms with van der Waals surface area (Å²) in [4.78, 5) is 0. The van der Waals surface area contributed by atoms with Gasteiger partial charge in [-0.15, -0.1) is 0 Å². The molecule has 1 aromatic rings. The minimum Gasteiger partial charge on any atom is -0.309 e. The van der Waals surface area contributed by atoms with Crippen LogP contribution in [0.4, 0.5) is 0 Å². The van der Waals surface area contributed by atoms with Crippen LogP contribution in [0.3, 0.4) is 0 Å². The molecule has 1 heterocycles. The lowest BCUT2D eigenvalue weighted by Crippen LogP contribution is -2.32. The summed E-state index contributed by atoms with van der Waals surface area (Å²) >= 11 is 0. The molecule has 0 aliphatic carbocycles. The Kier molecular flexibility index (Phi) is 4.89. The van der Waals surface area contributed by atoms with Crippen molar-refractivity contribution in [3.05, 3.63) is 17.0 Å². The summed E-state index contributed by atoms with van der Waals surface area (Å²) < 4.78 is 26.1. The van der Waals surface area contributed by atoms with Crippen molar-refractivity contribution >= 4 is 10.0 Å². The summed E-state index contributed by atoms with van der Waals surface area (Å²) in [5, 5.41) is 7.65.